The van der Waals surface area contributed by atoms with Crippen LogP contribution in [0.1, 0.15) is 31.7 Å². The van der Waals surface area contributed by atoms with Crippen molar-refractivity contribution in [2.45, 2.75) is 32.2 Å². The summed E-state index contributed by atoms with van der Waals surface area (Å²) >= 11 is 0. The lowest BCUT2D eigenvalue weighted by atomic mass is 10.1. The summed E-state index contributed by atoms with van der Waals surface area (Å²) in [6, 6.07) is 9.26. The van der Waals surface area contributed by atoms with Crippen LogP contribution in [-0.2, 0) is 0 Å². The Bertz CT molecular complexity index is 517. The number of amides is 2. The van der Waals surface area contributed by atoms with Gasteiger partial charge < -0.3 is 15.5 Å². The van der Waals surface area contributed by atoms with Gasteiger partial charge >= 0.3 is 6.03 Å². The number of urea groups is 1. The number of nitrogens with zero attached hydrogens (tertiary/aromatic N) is 2. The quantitative estimate of drug-likeness (QED) is 0.893. The van der Waals surface area contributed by atoms with Crippen LogP contribution in [0.15, 0.2) is 24.3 Å². The SMILES string of the molecule is CCCN(C(=O)Nc1cccc(C#N)c1)C1CCCNC1. The molecule has 2 amide bonds. The maximum Gasteiger partial charge on any atom is 0.322 e. The molecule has 0 spiro atoms. The van der Waals surface area contributed by atoms with Gasteiger partial charge in [0.15, 0.2) is 0 Å². The third-order valence-corrected chi connectivity index (χ3v) is 3.68. The van der Waals surface area contributed by atoms with E-state index in [-0.39, 0.29) is 12.1 Å². The van der Waals surface area contributed by atoms with Gasteiger partial charge in [0.2, 0.25) is 0 Å². The Kier molecular flexibility index (Phi) is 5.59. The molecule has 1 aliphatic heterocycles. The molecule has 112 valence electrons. The summed E-state index contributed by atoms with van der Waals surface area (Å²) in [6.45, 7) is 4.71. The number of nitriles is 1. The molecule has 0 aromatic heterocycles. The van der Waals surface area contributed by atoms with Crippen molar-refractivity contribution in [3.63, 3.8) is 0 Å². The molecule has 1 aromatic rings. The van der Waals surface area contributed by atoms with Crippen LogP contribution >= 0.6 is 0 Å². The topological polar surface area (TPSA) is 68.2 Å². The van der Waals surface area contributed by atoms with E-state index >= 15 is 0 Å². The Balaban J connectivity index is 2.05. The number of hydrogen-bond donors (Lipinski definition) is 2. The highest BCUT2D eigenvalue weighted by Crippen LogP contribution is 2.15. The first-order valence-electron chi connectivity index (χ1n) is 7.53. The Morgan fingerprint density at radius 2 is 2.43 bits per heavy atom. The zero-order chi connectivity index (χ0) is 15.1. The molecule has 1 saturated heterocycles. The molecule has 0 radical (unpaired) electrons. The number of carbonyl (C=O) groups is 1. The standard InChI is InChI=1S/C16H22N4O/c1-2-9-20(15-7-4-8-18-12-15)16(21)19-14-6-3-5-13(10-14)11-17/h3,5-6,10,15,18H,2,4,7-9,12H2,1H3,(H,19,21). The summed E-state index contributed by atoms with van der Waals surface area (Å²) in [5.41, 5.74) is 1.22. The molecule has 1 aromatic carbocycles. The van der Waals surface area contributed by atoms with Crippen LogP contribution in [0.3, 0.4) is 0 Å². The van der Waals surface area contributed by atoms with E-state index in [1.165, 1.54) is 0 Å². The molecular formula is C16H22N4O. The van der Waals surface area contributed by atoms with Crippen LogP contribution in [0.4, 0.5) is 10.5 Å². The minimum absolute atomic E-state index is 0.0827. The van der Waals surface area contributed by atoms with Crippen molar-refractivity contribution < 1.29 is 4.79 Å². The molecule has 1 atom stereocenters. The van der Waals surface area contributed by atoms with Crippen molar-refractivity contribution in [1.29, 1.82) is 5.26 Å². The highest BCUT2D eigenvalue weighted by molar-refractivity contribution is 5.89. The van der Waals surface area contributed by atoms with Crippen molar-refractivity contribution in [2.75, 3.05) is 25.0 Å². The largest absolute Gasteiger partial charge is 0.322 e. The minimum Gasteiger partial charge on any atom is -0.320 e. The molecule has 0 saturated carbocycles. The molecule has 5 nitrogen and oxygen atoms in total. The third kappa shape index (κ3) is 4.20. The fourth-order valence-electron chi connectivity index (χ4n) is 2.65. The van der Waals surface area contributed by atoms with Gasteiger partial charge in [0.1, 0.15) is 0 Å². The maximum atomic E-state index is 12.5. The summed E-state index contributed by atoms with van der Waals surface area (Å²) in [6.07, 6.45) is 3.07. The zero-order valence-corrected chi connectivity index (χ0v) is 12.4. The van der Waals surface area contributed by atoms with E-state index < -0.39 is 0 Å². The Labute approximate surface area is 125 Å². The molecule has 1 unspecified atom stereocenters. The summed E-state index contributed by atoms with van der Waals surface area (Å²) in [5.74, 6) is 0. The van der Waals surface area contributed by atoms with Gasteiger partial charge in [0.25, 0.3) is 0 Å². The van der Waals surface area contributed by atoms with Gasteiger partial charge in [-0.15, -0.1) is 0 Å². The van der Waals surface area contributed by atoms with Crippen molar-refractivity contribution in [1.82, 2.24) is 10.2 Å². The second kappa shape index (κ2) is 7.65. The van der Waals surface area contributed by atoms with Crippen LogP contribution in [0.2, 0.25) is 0 Å². The van der Waals surface area contributed by atoms with Crippen LogP contribution in [-0.4, -0.2) is 36.6 Å². The average Bonchev–Trinajstić information content (AvgIpc) is 2.53. The number of anilines is 1. The van der Waals surface area contributed by atoms with Gasteiger partial charge in [-0.25, -0.2) is 4.79 Å². The number of nitrogens with one attached hydrogen (secondary N) is 2. The van der Waals surface area contributed by atoms with Crippen molar-refractivity contribution in [3.8, 4) is 6.07 Å². The fraction of sp³-hybridized carbons (Fsp3) is 0.500. The first-order chi connectivity index (χ1) is 10.2. The molecule has 1 aliphatic rings. The number of benzene rings is 1. The van der Waals surface area contributed by atoms with Crippen LogP contribution in [0.5, 0.6) is 0 Å². The Morgan fingerprint density at radius 3 is 3.10 bits per heavy atom. The van der Waals surface area contributed by atoms with E-state index in [2.05, 4.69) is 23.6 Å². The lowest BCUT2D eigenvalue weighted by Gasteiger charge is -2.34. The third-order valence-electron chi connectivity index (χ3n) is 3.68. The average molecular weight is 286 g/mol. The van der Waals surface area contributed by atoms with Gasteiger partial charge in [-0.05, 0) is 44.0 Å². The summed E-state index contributed by atoms with van der Waals surface area (Å²) < 4.78 is 0. The molecule has 2 rings (SSSR count). The molecule has 1 fully saturated rings. The number of piperidine rings is 1. The van der Waals surface area contributed by atoms with E-state index in [4.69, 9.17) is 5.26 Å². The summed E-state index contributed by atoms with van der Waals surface area (Å²) in [5, 5.41) is 15.2. The van der Waals surface area contributed by atoms with E-state index in [1.54, 1.807) is 18.2 Å². The van der Waals surface area contributed by atoms with E-state index in [1.807, 2.05) is 11.0 Å². The van der Waals surface area contributed by atoms with Crippen LogP contribution in [0.25, 0.3) is 0 Å². The van der Waals surface area contributed by atoms with E-state index in [0.717, 1.165) is 38.9 Å². The second-order valence-corrected chi connectivity index (χ2v) is 5.32. The van der Waals surface area contributed by atoms with E-state index in [0.29, 0.717) is 11.3 Å². The normalized spacial score (nSPS) is 17.8. The lowest BCUT2D eigenvalue weighted by Crippen LogP contribution is -2.50. The van der Waals surface area contributed by atoms with Gasteiger partial charge in [-0.2, -0.15) is 5.26 Å². The monoisotopic (exact) mass is 286 g/mol. The lowest BCUT2D eigenvalue weighted by molar-refractivity contribution is 0.173. The van der Waals surface area contributed by atoms with Gasteiger partial charge in [0.05, 0.1) is 11.6 Å². The number of carbonyl (C=O) groups excluding carboxylic acids is 1. The smallest absolute Gasteiger partial charge is 0.320 e. The number of hydrogen-bond acceptors (Lipinski definition) is 3. The Morgan fingerprint density at radius 1 is 1.57 bits per heavy atom. The molecule has 1 heterocycles. The van der Waals surface area contributed by atoms with Crippen molar-refractivity contribution in [2.24, 2.45) is 0 Å². The first kappa shape index (κ1) is 15.3. The predicted molar refractivity (Wildman–Crippen MR) is 83.1 cm³/mol. The molecule has 21 heavy (non-hydrogen) atoms. The predicted octanol–water partition coefficient (Wildman–Crippen LogP) is 2.55. The molecular weight excluding hydrogens is 264 g/mol. The molecule has 2 N–H and O–H groups in total. The summed E-state index contributed by atoms with van der Waals surface area (Å²) in [4.78, 5) is 14.4. The molecule has 5 heteroatoms. The molecule has 0 aliphatic carbocycles. The summed E-state index contributed by atoms with van der Waals surface area (Å²) in [7, 11) is 0. The van der Waals surface area contributed by atoms with Gasteiger partial charge in [-0.3, -0.25) is 0 Å². The van der Waals surface area contributed by atoms with Crippen molar-refractivity contribution >= 4 is 11.7 Å². The van der Waals surface area contributed by atoms with Crippen molar-refractivity contribution in [3.05, 3.63) is 29.8 Å². The van der Waals surface area contributed by atoms with E-state index in [9.17, 15) is 4.79 Å². The highest BCUT2D eigenvalue weighted by Gasteiger charge is 2.24. The zero-order valence-electron chi connectivity index (χ0n) is 12.4. The second-order valence-electron chi connectivity index (χ2n) is 5.32. The minimum atomic E-state index is -0.0827. The van der Waals surface area contributed by atoms with Crippen LogP contribution < -0.4 is 10.6 Å². The number of rotatable bonds is 4. The fourth-order valence-corrected chi connectivity index (χ4v) is 2.65. The maximum absolute atomic E-state index is 12.5. The van der Waals surface area contributed by atoms with Gasteiger partial charge in [-0.1, -0.05) is 13.0 Å². The highest BCUT2D eigenvalue weighted by atomic mass is 16.2. The Hall–Kier alpha value is -2.06. The first-order valence-corrected chi connectivity index (χ1v) is 7.53. The van der Waals surface area contributed by atoms with Gasteiger partial charge in [0, 0.05) is 24.8 Å². The van der Waals surface area contributed by atoms with Crippen LogP contribution in [0, 0.1) is 11.3 Å². The molecule has 0 bridgehead atoms.